The van der Waals surface area contributed by atoms with Crippen molar-refractivity contribution in [2.45, 2.75) is 9.79 Å². The Morgan fingerprint density at radius 1 is 0.944 bits per heavy atom. The number of benzene rings is 2. The van der Waals surface area contributed by atoms with Crippen LogP contribution in [0.5, 0.6) is 0 Å². The molecule has 2 aromatic carbocycles. The standard InChI is InChI=1S/C14H9Br2NS/c15-9-2-1-3-11(6-9)18-14-8-17-13-5-4-10(16)7-12(13)14/h1-8,17H. The maximum Gasteiger partial charge on any atom is 0.0466 e. The predicted octanol–water partition coefficient (Wildman–Crippen LogP) is 5.84. The third kappa shape index (κ3) is 2.51. The average molecular weight is 383 g/mol. The average Bonchev–Trinajstić information content (AvgIpc) is 2.72. The van der Waals surface area contributed by atoms with Gasteiger partial charge in [0.15, 0.2) is 0 Å². The van der Waals surface area contributed by atoms with Crippen molar-refractivity contribution in [3.05, 3.63) is 57.6 Å². The van der Waals surface area contributed by atoms with E-state index in [1.807, 2.05) is 12.1 Å². The van der Waals surface area contributed by atoms with Crippen LogP contribution in [0.15, 0.2) is 67.4 Å². The van der Waals surface area contributed by atoms with Crippen LogP contribution >= 0.6 is 43.6 Å². The van der Waals surface area contributed by atoms with Crippen LogP contribution in [-0.2, 0) is 0 Å². The SMILES string of the molecule is Brc1cccc(Sc2c[nH]c3ccc(Br)cc23)c1. The molecule has 18 heavy (non-hydrogen) atoms. The lowest BCUT2D eigenvalue weighted by Crippen LogP contribution is -1.73. The first-order chi connectivity index (χ1) is 8.72. The lowest BCUT2D eigenvalue weighted by molar-refractivity contribution is 1.39. The number of hydrogen-bond donors (Lipinski definition) is 1. The first-order valence-electron chi connectivity index (χ1n) is 5.42. The molecule has 1 aromatic heterocycles. The van der Waals surface area contributed by atoms with E-state index < -0.39 is 0 Å². The van der Waals surface area contributed by atoms with Gasteiger partial charge in [0.2, 0.25) is 0 Å². The molecule has 0 spiro atoms. The molecule has 0 unspecified atom stereocenters. The lowest BCUT2D eigenvalue weighted by atomic mass is 10.2. The van der Waals surface area contributed by atoms with E-state index in [1.54, 1.807) is 11.8 Å². The first-order valence-corrected chi connectivity index (χ1v) is 7.83. The quantitative estimate of drug-likeness (QED) is 0.588. The molecule has 90 valence electrons. The second-order valence-electron chi connectivity index (χ2n) is 3.90. The van der Waals surface area contributed by atoms with Gasteiger partial charge >= 0.3 is 0 Å². The van der Waals surface area contributed by atoms with Gasteiger partial charge in [-0.1, -0.05) is 49.7 Å². The minimum absolute atomic E-state index is 1.10. The Morgan fingerprint density at radius 3 is 2.61 bits per heavy atom. The summed E-state index contributed by atoms with van der Waals surface area (Å²) < 4.78 is 2.21. The minimum atomic E-state index is 1.10. The normalized spacial score (nSPS) is 11.0. The predicted molar refractivity (Wildman–Crippen MR) is 84.3 cm³/mol. The van der Waals surface area contributed by atoms with Crippen molar-refractivity contribution in [3.8, 4) is 0 Å². The Kier molecular flexibility index (Phi) is 3.50. The van der Waals surface area contributed by atoms with Crippen molar-refractivity contribution in [1.29, 1.82) is 0 Å². The summed E-state index contributed by atoms with van der Waals surface area (Å²) >= 11 is 8.78. The molecule has 3 rings (SSSR count). The number of rotatable bonds is 2. The van der Waals surface area contributed by atoms with Gasteiger partial charge < -0.3 is 4.98 Å². The fourth-order valence-electron chi connectivity index (χ4n) is 1.81. The molecule has 0 bridgehead atoms. The summed E-state index contributed by atoms with van der Waals surface area (Å²) in [7, 11) is 0. The molecular weight excluding hydrogens is 374 g/mol. The molecule has 1 N–H and O–H groups in total. The molecule has 0 saturated carbocycles. The van der Waals surface area contributed by atoms with E-state index in [0.717, 1.165) is 14.5 Å². The number of H-pyrrole nitrogens is 1. The summed E-state index contributed by atoms with van der Waals surface area (Å²) in [6, 6.07) is 14.6. The summed E-state index contributed by atoms with van der Waals surface area (Å²) in [5, 5.41) is 1.24. The Balaban J connectivity index is 2.02. The zero-order valence-electron chi connectivity index (χ0n) is 9.28. The number of aromatic amines is 1. The van der Waals surface area contributed by atoms with Crippen LogP contribution in [0.3, 0.4) is 0 Å². The highest BCUT2D eigenvalue weighted by Crippen LogP contribution is 2.35. The highest BCUT2D eigenvalue weighted by molar-refractivity contribution is 9.10. The molecule has 0 amide bonds. The van der Waals surface area contributed by atoms with Crippen LogP contribution < -0.4 is 0 Å². The fraction of sp³-hybridized carbons (Fsp3) is 0. The van der Waals surface area contributed by atoms with Crippen molar-refractivity contribution in [3.63, 3.8) is 0 Å². The molecule has 4 heteroatoms. The van der Waals surface area contributed by atoms with Crippen LogP contribution in [0, 0.1) is 0 Å². The largest absolute Gasteiger partial charge is 0.360 e. The van der Waals surface area contributed by atoms with Gasteiger partial charge in [-0.3, -0.25) is 0 Å². The minimum Gasteiger partial charge on any atom is -0.360 e. The Bertz CT molecular complexity index is 706. The Hall–Kier alpha value is -0.710. The lowest BCUT2D eigenvalue weighted by Gasteiger charge is -2.01. The van der Waals surface area contributed by atoms with E-state index >= 15 is 0 Å². The van der Waals surface area contributed by atoms with Crippen LogP contribution in [0.25, 0.3) is 10.9 Å². The van der Waals surface area contributed by atoms with E-state index in [9.17, 15) is 0 Å². The molecule has 0 fully saturated rings. The second-order valence-corrected chi connectivity index (χ2v) is 6.85. The monoisotopic (exact) mass is 381 g/mol. The Labute approximate surface area is 126 Å². The van der Waals surface area contributed by atoms with Crippen molar-refractivity contribution < 1.29 is 0 Å². The summed E-state index contributed by atoms with van der Waals surface area (Å²) in [5.41, 5.74) is 1.16. The molecule has 3 aromatic rings. The number of hydrogen-bond acceptors (Lipinski definition) is 1. The van der Waals surface area contributed by atoms with Gasteiger partial charge in [-0.25, -0.2) is 0 Å². The molecule has 0 atom stereocenters. The molecule has 0 aliphatic carbocycles. The Morgan fingerprint density at radius 2 is 1.78 bits per heavy atom. The van der Waals surface area contributed by atoms with Crippen LogP contribution in [0.4, 0.5) is 0 Å². The van der Waals surface area contributed by atoms with Crippen molar-refractivity contribution >= 4 is 54.5 Å². The molecule has 0 saturated heterocycles. The van der Waals surface area contributed by atoms with Crippen LogP contribution in [0.1, 0.15) is 0 Å². The molecular formula is C14H9Br2NS. The van der Waals surface area contributed by atoms with Gasteiger partial charge in [-0.05, 0) is 36.4 Å². The third-order valence-electron chi connectivity index (χ3n) is 2.63. The fourth-order valence-corrected chi connectivity index (χ4v) is 3.70. The third-order valence-corrected chi connectivity index (χ3v) is 4.66. The molecule has 1 heterocycles. The van der Waals surface area contributed by atoms with E-state index in [0.29, 0.717) is 0 Å². The summed E-state index contributed by atoms with van der Waals surface area (Å²) in [4.78, 5) is 5.76. The van der Waals surface area contributed by atoms with E-state index in [1.165, 1.54) is 15.2 Å². The van der Waals surface area contributed by atoms with Gasteiger partial charge in [0.05, 0.1) is 0 Å². The van der Waals surface area contributed by atoms with Crippen LogP contribution in [0.2, 0.25) is 0 Å². The summed E-state index contributed by atoms with van der Waals surface area (Å²) in [6.07, 6.45) is 2.06. The zero-order chi connectivity index (χ0) is 12.5. The zero-order valence-corrected chi connectivity index (χ0v) is 13.3. The first kappa shape index (κ1) is 12.3. The molecule has 0 aliphatic heterocycles. The number of nitrogens with one attached hydrogen (secondary N) is 1. The maximum atomic E-state index is 3.52. The van der Waals surface area contributed by atoms with Gasteiger partial charge in [-0.15, -0.1) is 0 Å². The summed E-state index contributed by atoms with van der Waals surface area (Å²) in [6.45, 7) is 0. The molecule has 1 nitrogen and oxygen atoms in total. The van der Waals surface area contributed by atoms with Crippen LogP contribution in [-0.4, -0.2) is 4.98 Å². The van der Waals surface area contributed by atoms with E-state index in [2.05, 4.69) is 73.4 Å². The van der Waals surface area contributed by atoms with E-state index in [4.69, 9.17) is 0 Å². The van der Waals surface area contributed by atoms with Gasteiger partial charge in [0, 0.05) is 35.8 Å². The van der Waals surface area contributed by atoms with Crippen molar-refractivity contribution in [1.82, 2.24) is 4.98 Å². The van der Waals surface area contributed by atoms with Gasteiger partial charge in [0.25, 0.3) is 0 Å². The van der Waals surface area contributed by atoms with E-state index in [-0.39, 0.29) is 0 Å². The summed E-state index contributed by atoms with van der Waals surface area (Å²) in [5.74, 6) is 0. The smallest absolute Gasteiger partial charge is 0.0466 e. The highest BCUT2D eigenvalue weighted by Gasteiger charge is 2.06. The van der Waals surface area contributed by atoms with Gasteiger partial charge in [0.1, 0.15) is 0 Å². The van der Waals surface area contributed by atoms with Crippen molar-refractivity contribution in [2.75, 3.05) is 0 Å². The number of halogens is 2. The topological polar surface area (TPSA) is 15.8 Å². The second kappa shape index (κ2) is 5.11. The van der Waals surface area contributed by atoms with Crippen molar-refractivity contribution in [2.24, 2.45) is 0 Å². The molecule has 0 radical (unpaired) electrons. The molecule has 0 aliphatic rings. The number of fused-ring (bicyclic) bond motifs is 1. The highest BCUT2D eigenvalue weighted by atomic mass is 79.9. The number of aromatic nitrogens is 1. The van der Waals surface area contributed by atoms with Gasteiger partial charge in [-0.2, -0.15) is 0 Å². The maximum absolute atomic E-state index is 3.52.